The zero-order valence-corrected chi connectivity index (χ0v) is 10.8. The zero-order chi connectivity index (χ0) is 13.0. The third-order valence-electron chi connectivity index (χ3n) is 3.15. The number of nitrogens with one attached hydrogen (secondary N) is 1. The summed E-state index contributed by atoms with van der Waals surface area (Å²) in [7, 11) is 0. The maximum absolute atomic E-state index is 12.8. The van der Waals surface area contributed by atoms with Gasteiger partial charge in [0.15, 0.2) is 0 Å². The van der Waals surface area contributed by atoms with Gasteiger partial charge in [0, 0.05) is 12.2 Å². The fourth-order valence-electron chi connectivity index (χ4n) is 2.09. The molecule has 0 radical (unpaired) electrons. The lowest BCUT2D eigenvalue weighted by Gasteiger charge is -2.23. The predicted octanol–water partition coefficient (Wildman–Crippen LogP) is 4.26. The Morgan fingerprint density at radius 1 is 1.17 bits per heavy atom. The Bertz CT molecular complexity index is 386. The predicted molar refractivity (Wildman–Crippen MR) is 70.0 cm³/mol. The van der Waals surface area contributed by atoms with Crippen molar-refractivity contribution >= 4 is 17.4 Å². The van der Waals surface area contributed by atoms with E-state index >= 15 is 0 Å². The van der Waals surface area contributed by atoms with Gasteiger partial charge in [-0.2, -0.15) is 24.9 Å². The molecular weight excluding hydrogens is 259 g/mol. The lowest BCUT2D eigenvalue weighted by molar-refractivity contribution is -0.136. The smallest absolute Gasteiger partial charge is 0.384 e. The molecule has 2 rings (SSSR count). The van der Waals surface area contributed by atoms with E-state index < -0.39 is 11.7 Å². The molecule has 0 saturated carbocycles. The van der Waals surface area contributed by atoms with Crippen LogP contribution in [0.4, 0.5) is 18.9 Å². The van der Waals surface area contributed by atoms with Crippen molar-refractivity contribution in [2.75, 3.05) is 23.4 Å². The van der Waals surface area contributed by atoms with Crippen molar-refractivity contribution in [1.82, 2.24) is 0 Å². The van der Waals surface area contributed by atoms with Crippen molar-refractivity contribution < 1.29 is 13.2 Å². The second-order valence-corrected chi connectivity index (χ2v) is 5.70. The van der Waals surface area contributed by atoms with Crippen molar-refractivity contribution in [2.45, 2.75) is 19.0 Å². The van der Waals surface area contributed by atoms with Gasteiger partial charge >= 0.3 is 6.18 Å². The molecule has 0 aliphatic carbocycles. The van der Waals surface area contributed by atoms with E-state index in [4.69, 9.17) is 0 Å². The fraction of sp³-hybridized carbons (Fsp3) is 0.538. The van der Waals surface area contributed by atoms with Crippen molar-refractivity contribution in [3.05, 3.63) is 29.8 Å². The minimum atomic E-state index is -4.29. The summed E-state index contributed by atoms with van der Waals surface area (Å²) in [5.74, 6) is 2.73. The first-order valence-corrected chi connectivity index (χ1v) is 7.20. The molecule has 1 aliphatic heterocycles. The first-order chi connectivity index (χ1) is 8.57. The number of anilines is 1. The molecule has 1 aliphatic rings. The van der Waals surface area contributed by atoms with Crippen LogP contribution in [0.15, 0.2) is 24.3 Å². The highest BCUT2D eigenvalue weighted by atomic mass is 32.2. The molecule has 0 spiro atoms. The van der Waals surface area contributed by atoms with Crippen LogP contribution in [0.5, 0.6) is 0 Å². The molecule has 0 unspecified atom stereocenters. The van der Waals surface area contributed by atoms with E-state index in [1.807, 2.05) is 11.8 Å². The monoisotopic (exact) mass is 275 g/mol. The molecule has 1 N–H and O–H groups in total. The van der Waals surface area contributed by atoms with Crippen LogP contribution in [0.2, 0.25) is 0 Å². The summed E-state index contributed by atoms with van der Waals surface area (Å²) in [5, 5.41) is 2.96. The molecular formula is C13H16F3NS. The van der Waals surface area contributed by atoms with Gasteiger partial charge in [0.2, 0.25) is 0 Å². The van der Waals surface area contributed by atoms with Crippen LogP contribution in [0.25, 0.3) is 0 Å². The van der Waals surface area contributed by atoms with E-state index in [2.05, 4.69) is 5.32 Å². The largest absolute Gasteiger partial charge is 0.418 e. The van der Waals surface area contributed by atoms with Gasteiger partial charge in [-0.1, -0.05) is 12.1 Å². The maximum Gasteiger partial charge on any atom is 0.418 e. The highest BCUT2D eigenvalue weighted by Gasteiger charge is 2.33. The standard InChI is InChI=1S/C13H16F3NS/c14-13(15,16)11-3-1-2-4-12(11)17-9-10-5-7-18-8-6-10/h1-4,10,17H,5-9H2. The summed E-state index contributed by atoms with van der Waals surface area (Å²) >= 11 is 1.92. The molecule has 5 heteroatoms. The quantitative estimate of drug-likeness (QED) is 0.884. The third-order valence-corrected chi connectivity index (χ3v) is 4.20. The van der Waals surface area contributed by atoms with E-state index in [1.54, 1.807) is 6.07 Å². The molecule has 100 valence electrons. The minimum Gasteiger partial charge on any atom is -0.384 e. The number of benzene rings is 1. The summed E-state index contributed by atoms with van der Waals surface area (Å²) in [6.45, 7) is 0.633. The normalized spacial score (nSPS) is 17.7. The van der Waals surface area contributed by atoms with Crippen LogP contribution < -0.4 is 5.32 Å². The lowest BCUT2D eigenvalue weighted by Crippen LogP contribution is -2.20. The second-order valence-electron chi connectivity index (χ2n) is 4.48. The first kappa shape index (κ1) is 13.6. The summed E-state index contributed by atoms with van der Waals surface area (Å²) in [6.07, 6.45) is -2.11. The molecule has 0 atom stereocenters. The van der Waals surface area contributed by atoms with Crippen molar-refractivity contribution in [1.29, 1.82) is 0 Å². The van der Waals surface area contributed by atoms with Crippen LogP contribution in [-0.2, 0) is 6.18 Å². The van der Waals surface area contributed by atoms with E-state index in [0.717, 1.165) is 30.4 Å². The molecule has 1 aromatic carbocycles. The Balaban J connectivity index is 2.00. The minimum absolute atomic E-state index is 0.197. The molecule has 0 amide bonds. The Hall–Kier alpha value is -0.840. The van der Waals surface area contributed by atoms with Gasteiger partial charge in [-0.15, -0.1) is 0 Å². The molecule has 18 heavy (non-hydrogen) atoms. The number of para-hydroxylation sites is 1. The maximum atomic E-state index is 12.8. The van der Waals surface area contributed by atoms with Gasteiger partial charge in [-0.05, 0) is 42.4 Å². The topological polar surface area (TPSA) is 12.0 Å². The summed E-state index contributed by atoms with van der Waals surface area (Å²) < 4.78 is 38.3. The highest BCUT2D eigenvalue weighted by molar-refractivity contribution is 7.99. The second kappa shape index (κ2) is 5.87. The average molecular weight is 275 g/mol. The van der Waals surface area contributed by atoms with Gasteiger partial charge in [0.05, 0.1) is 5.56 Å². The number of rotatable bonds is 3. The molecule has 0 aromatic heterocycles. The fourth-order valence-corrected chi connectivity index (χ4v) is 3.29. The van der Waals surface area contributed by atoms with E-state index in [1.165, 1.54) is 12.1 Å². The summed E-state index contributed by atoms with van der Waals surface area (Å²) in [4.78, 5) is 0. The van der Waals surface area contributed by atoms with E-state index in [0.29, 0.717) is 12.5 Å². The van der Waals surface area contributed by atoms with Gasteiger partial charge in [0.1, 0.15) is 0 Å². The van der Waals surface area contributed by atoms with E-state index in [-0.39, 0.29) is 5.69 Å². The first-order valence-electron chi connectivity index (χ1n) is 6.05. The van der Waals surface area contributed by atoms with Gasteiger partial charge < -0.3 is 5.32 Å². The van der Waals surface area contributed by atoms with Crippen molar-refractivity contribution in [2.24, 2.45) is 5.92 Å². The van der Waals surface area contributed by atoms with Gasteiger partial charge in [0.25, 0.3) is 0 Å². The summed E-state index contributed by atoms with van der Waals surface area (Å²) in [5.41, 5.74) is -0.376. The SMILES string of the molecule is FC(F)(F)c1ccccc1NCC1CCSCC1. The molecule has 1 heterocycles. The van der Waals surface area contributed by atoms with Crippen molar-refractivity contribution in [3.8, 4) is 0 Å². The molecule has 0 bridgehead atoms. The molecule has 1 fully saturated rings. The molecule has 1 saturated heterocycles. The number of hydrogen-bond donors (Lipinski definition) is 1. The number of thioether (sulfide) groups is 1. The van der Waals surface area contributed by atoms with Crippen LogP contribution in [0.3, 0.4) is 0 Å². The number of alkyl halides is 3. The van der Waals surface area contributed by atoms with Crippen molar-refractivity contribution in [3.63, 3.8) is 0 Å². The third kappa shape index (κ3) is 3.57. The zero-order valence-electron chi connectivity index (χ0n) is 9.96. The van der Waals surface area contributed by atoms with Crippen LogP contribution >= 0.6 is 11.8 Å². The average Bonchev–Trinajstić information content (AvgIpc) is 2.37. The highest BCUT2D eigenvalue weighted by Crippen LogP contribution is 2.35. The Kier molecular flexibility index (Phi) is 4.43. The summed E-state index contributed by atoms with van der Waals surface area (Å²) in [6, 6.07) is 5.68. The number of hydrogen-bond acceptors (Lipinski definition) is 2. The molecule has 1 nitrogen and oxygen atoms in total. The van der Waals surface area contributed by atoms with Gasteiger partial charge in [-0.25, -0.2) is 0 Å². The van der Waals surface area contributed by atoms with Crippen LogP contribution in [-0.4, -0.2) is 18.1 Å². The number of halogens is 3. The Labute approximate surface area is 109 Å². The van der Waals surface area contributed by atoms with Gasteiger partial charge in [-0.3, -0.25) is 0 Å². The Morgan fingerprint density at radius 3 is 2.50 bits per heavy atom. The van der Waals surface area contributed by atoms with E-state index in [9.17, 15) is 13.2 Å². The van der Waals surface area contributed by atoms with Crippen LogP contribution in [0, 0.1) is 5.92 Å². The molecule has 1 aromatic rings. The lowest BCUT2D eigenvalue weighted by atomic mass is 10.0. The van der Waals surface area contributed by atoms with Crippen LogP contribution in [0.1, 0.15) is 18.4 Å². The Morgan fingerprint density at radius 2 is 1.83 bits per heavy atom.